The summed E-state index contributed by atoms with van der Waals surface area (Å²) in [5, 5.41) is 19.1. The maximum Gasteiger partial charge on any atom is 0.490 e. The van der Waals surface area contributed by atoms with Crippen LogP contribution in [0.3, 0.4) is 0 Å². The van der Waals surface area contributed by atoms with Gasteiger partial charge >= 0.3 is 24.3 Å². The Morgan fingerprint density at radius 1 is 0.925 bits per heavy atom. The van der Waals surface area contributed by atoms with Gasteiger partial charge in [-0.15, -0.1) is 0 Å². The first-order valence-electron chi connectivity index (χ1n) is 12.5. The lowest BCUT2D eigenvalue weighted by atomic mass is 9.81. The van der Waals surface area contributed by atoms with Crippen LogP contribution in [0.15, 0.2) is 30.5 Å². The summed E-state index contributed by atoms with van der Waals surface area (Å²) >= 11 is 0. The van der Waals surface area contributed by atoms with Gasteiger partial charge in [-0.05, 0) is 45.1 Å². The van der Waals surface area contributed by atoms with Gasteiger partial charge in [0.2, 0.25) is 0 Å². The Bertz CT molecular complexity index is 1150. The van der Waals surface area contributed by atoms with E-state index in [0.717, 1.165) is 44.8 Å². The molecule has 2 fully saturated rings. The second-order valence-electron chi connectivity index (χ2n) is 9.68. The van der Waals surface area contributed by atoms with E-state index in [1.165, 1.54) is 42.8 Å². The SMILES string of the molecule is CN1CCC2(CC1)Oc1ccccc1-c1c2cnn1CCN1CCCC1.O=C(O)C(F)(F)F.O=C(O)C(F)(F)F. The van der Waals surface area contributed by atoms with E-state index in [4.69, 9.17) is 29.6 Å². The van der Waals surface area contributed by atoms with Crippen LogP contribution in [0.4, 0.5) is 26.3 Å². The molecule has 5 rings (SSSR count). The molecule has 0 amide bonds. The lowest BCUT2D eigenvalue weighted by molar-refractivity contribution is -0.193. The van der Waals surface area contributed by atoms with Crippen molar-refractivity contribution >= 4 is 11.9 Å². The lowest BCUT2D eigenvalue weighted by Gasteiger charge is -2.43. The predicted molar refractivity (Wildman–Crippen MR) is 130 cm³/mol. The average Bonchev–Trinajstić information content (AvgIpc) is 3.55. The van der Waals surface area contributed by atoms with Crippen molar-refractivity contribution in [2.75, 3.05) is 39.8 Å². The lowest BCUT2D eigenvalue weighted by Crippen LogP contribution is -2.46. The van der Waals surface area contributed by atoms with Crippen molar-refractivity contribution in [2.24, 2.45) is 0 Å². The van der Waals surface area contributed by atoms with Crippen LogP contribution >= 0.6 is 0 Å². The Kier molecular flexibility index (Phi) is 9.72. The molecule has 1 spiro atoms. The van der Waals surface area contributed by atoms with Gasteiger partial charge in [-0.3, -0.25) is 4.68 Å². The molecular formula is C25H30F6N4O5. The number of fused-ring (bicyclic) bond motifs is 4. The molecule has 0 atom stereocenters. The summed E-state index contributed by atoms with van der Waals surface area (Å²) in [4.78, 5) is 22.7. The van der Waals surface area contributed by atoms with E-state index in [9.17, 15) is 26.3 Å². The van der Waals surface area contributed by atoms with Crippen molar-refractivity contribution in [3.05, 3.63) is 36.0 Å². The number of rotatable bonds is 3. The molecule has 9 nitrogen and oxygen atoms in total. The number of aliphatic carboxylic acids is 2. The number of hydrogen-bond donors (Lipinski definition) is 2. The highest BCUT2D eigenvalue weighted by Gasteiger charge is 2.45. The molecule has 2 N–H and O–H groups in total. The van der Waals surface area contributed by atoms with Crippen molar-refractivity contribution in [3.63, 3.8) is 0 Å². The minimum absolute atomic E-state index is 0.206. The summed E-state index contributed by atoms with van der Waals surface area (Å²) in [7, 11) is 2.20. The fraction of sp³-hybridized carbons (Fsp3) is 0.560. The average molecular weight is 581 g/mol. The minimum atomic E-state index is -5.08. The van der Waals surface area contributed by atoms with Gasteiger partial charge in [-0.2, -0.15) is 31.4 Å². The van der Waals surface area contributed by atoms with E-state index in [1.807, 2.05) is 0 Å². The number of carboxylic acid groups (broad SMARTS) is 2. The number of likely N-dealkylation sites (tertiary alicyclic amines) is 2. The molecule has 4 heterocycles. The molecule has 1 aromatic carbocycles. The summed E-state index contributed by atoms with van der Waals surface area (Å²) in [6.45, 7) is 6.66. The predicted octanol–water partition coefficient (Wildman–Crippen LogP) is 4.23. The van der Waals surface area contributed by atoms with Gasteiger partial charge in [0.05, 0.1) is 18.4 Å². The highest BCUT2D eigenvalue weighted by molar-refractivity contribution is 5.74. The maximum absolute atomic E-state index is 10.6. The van der Waals surface area contributed by atoms with E-state index in [1.54, 1.807) is 0 Å². The van der Waals surface area contributed by atoms with E-state index in [-0.39, 0.29) is 5.60 Å². The number of piperidine rings is 1. The number of halogens is 6. The molecule has 40 heavy (non-hydrogen) atoms. The van der Waals surface area contributed by atoms with E-state index in [2.05, 4.69) is 52.0 Å². The quantitative estimate of drug-likeness (QED) is 0.520. The molecule has 0 saturated carbocycles. The molecule has 0 bridgehead atoms. The molecule has 0 unspecified atom stereocenters. The van der Waals surface area contributed by atoms with Crippen LogP contribution in [0, 0.1) is 0 Å². The Labute approximate surface area is 225 Å². The molecule has 2 saturated heterocycles. The Morgan fingerprint density at radius 3 is 1.98 bits per heavy atom. The van der Waals surface area contributed by atoms with E-state index in [0.29, 0.717) is 0 Å². The van der Waals surface area contributed by atoms with Crippen LogP contribution in [0.25, 0.3) is 11.3 Å². The molecule has 3 aliphatic heterocycles. The largest absolute Gasteiger partial charge is 0.490 e. The van der Waals surface area contributed by atoms with Gasteiger partial charge in [0.25, 0.3) is 0 Å². The number of carboxylic acids is 2. The third-order valence-electron chi connectivity index (χ3n) is 6.88. The van der Waals surface area contributed by atoms with Gasteiger partial charge in [-0.1, -0.05) is 12.1 Å². The van der Waals surface area contributed by atoms with Gasteiger partial charge in [0.1, 0.15) is 11.4 Å². The fourth-order valence-corrected chi connectivity index (χ4v) is 4.78. The molecular weight excluding hydrogens is 550 g/mol. The first kappa shape index (κ1) is 31.2. The number of benzene rings is 1. The molecule has 3 aliphatic rings. The standard InChI is InChI=1S/C21H28N4O.2C2HF3O2/c1-23-12-8-21(9-13-23)18-16-22-25(15-14-24-10-4-5-11-24)20(18)17-6-2-3-7-19(17)26-21;2*3-2(4,5)1(6)7/h2-3,6-7,16H,4-5,8-15H2,1H3;2*(H,6,7). The van der Waals surface area contributed by atoms with Crippen molar-refractivity contribution in [1.82, 2.24) is 19.6 Å². The van der Waals surface area contributed by atoms with Gasteiger partial charge in [0.15, 0.2) is 0 Å². The molecule has 1 aromatic heterocycles. The van der Waals surface area contributed by atoms with Crippen LogP contribution in [-0.2, 0) is 21.7 Å². The topological polar surface area (TPSA) is 108 Å². The minimum Gasteiger partial charge on any atom is -0.482 e. The molecule has 0 aliphatic carbocycles. The summed E-state index contributed by atoms with van der Waals surface area (Å²) in [6.07, 6.45) is -3.35. The van der Waals surface area contributed by atoms with Crippen molar-refractivity contribution in [2.45, 2.75) is 50.2 Å². The number of hydrogen-bond acceptors (Lipinski definition) is 6. The summed E-state index contributed by atoms with van der Waals surface area (Å²) < 4.78 is 72.3. The molecule has 0 radical (unpaired) electrons. The maximum atomic E-state index is 10.6. The third-order valence-corrected chi connectivity index (χ3v) is 6.88. The Hall–Kier alpha value is -3.33. The first-order valence-corrected chi connectivity index (χ1v) is 12.5. The third kappa shape index (κ3) is 7.65. The molecule has 2 aromatic rings. The van der Waals surface area contributed by atoms with Crippen LogP contribution in [0.2, 0.25) is 0 Å². The van der Waals surface area contributed by atoms with Gasteiger partial charge in [-0.25, -0.2) is 9.59 Å². The summed E-state index contributed by atoms with van der Waals surface area (Å²) in [5.41, 5.74) is 3.58. The van der Waals surface area contributed by atoms with Crippen molar-refractivity contribution in [1.29, 1.82) is 0 Å². The summed E-state index contributed by atoms with van der Waals surface area (Å²) in [5.74, 6) is -4.49. The number of para-hydroxylation sites is 1. The van der Waals surface area contributed by atoms with Crippen LogP contribution in [-0.4, -0.2) is 93.9 Å². The summed E-state index contributed by atoms with van der Waals surface area (Å²) in [6, 6.07) is 8.49. The number of alkyl halides is 6. The Morgan fingerprint density at radius 2 is 1.45 bits per heavy atom. The number of aromatic nitrogens is 2. The van der Waals surface area contributed by atoms with Crippen molar-refractivity contribution < 1.29 is 50.9 Å². The van der Waals surface area contributed by atoms with E-state index < -0.39 is 24.3 Å². The van der Waals surface area contributed by atoms with Crippen molar-refractivity contribution in [3.8, 4) is 17.0 Å². The normalized spacial score (nSPS) is 18.4. The van der Waals surface area contributed by atoms with Crippen LogP contribution < -0.4 is 4.74 Å². The van der Waals surface area contributed by atoms with Crippen LogP contribution in [0.5, 0.6) is 5.75 Å². The first-order chi connectivity index (χ1) is 18.6. The van der Waals surface area contributed by atoms with Gasteiger partial charge < -0.3 is 24.7 Å². The second kappa shape index (κ2) is 12.5. The van der Waals surface area contributed by atoms with E-state index >= 15 is 0 Å². The monoisotopic (exact) mass is 580 g/mol. The zero-order chi connectivity index (χ0) is 29.7. The van der Waals surface area contributed by atoms with Crippen LogP contribution in [0.1, 0.15) is 31.2 Å². The Balaban J connectivity index is 0.000000263. The second-order valence-corrected chi connectivity index (χ2v) is 9.68. The fourth-order valence-electron chi connectivity index (χ4n) is 4.78. The number of ether oxygens (including phenoxy) is 1. The number of carbonyl (C=O) groups is 2. The van der Waals surface area contributed by atoms with Gasteiger partial charge in [0, 0.05) is 43.6 Å². The smallest absolute Gasteiger partial charge is 0.482 e. The zero-order valence-electron chi connectivity index (χ0n) is 21.6. The molecule has 222 valence electrons. The highest BCUT2D eigenvalue weighted by Crippen LogP contribution is 2.49. The number of nitrogens with zero attached hydrogens (tertiary/aromatic N) is 4. The molecule has 15 heteroatoms. The zero-order valence-corrected chi connectivity index (χ0v) is 21.6. The highest BCUT2D eigenvalue weighted by atomic mass is 19.4.